The van der Waals surface area contributed by atoms with Crippen LogP contribution in [0.1, 0.15) is 51.4 Å². The van der Waals surface area contributed by atoms with Gasteiger partial charge in [-0.3, -0.25) is 0 Å². The average molecular weight is 184 g/mol. The highest BCUT2D eigenvalue weighted by atomic mass is 16.7. The largest absolute Gasteiger partial charge is 0.348 e. The molecule has 1 spiro atoms. The van der Waals surface area contributed by atoms with Crippen molar-refractivity contribution in [1.82, 2.24) is 0 Å². The molecule has 0 radical (unpaired) electrons. The third-order valence-electron chi connectivity index (χ3n) is 3.18. The van der Waals surface area contributed by atoms with Crippen LogP contribution in [0, 0.1) is 0 Å². The summed E-state index contributed by atoms with van der Waals surface area (Å²) in [6, 6.07) is 0. The standard InChI is InChI=1S/C11H20O2/c1-2-4-6-8-11(7-5-3-1)12-9-10-13-11/h1-10H2. The summed E-state index contributed by atoms with van der Waals surface area (Å²) in [5.74, 6) is -0.162. The van der Waals surface area contributed by atoms with Crippen LogP contribution in [0.5, 0.6) is 0 Å². The molecule has 13 heavy (non-hydrogen) atoms. The molecule has 0 aromatic carbocycles. The second kappa shape index (κ2) is 4.43. The van der Waals surface area contributed by atoms with Gasteiger partial charge in [-0.25, -0.2) is 0 Å². The zero-order chi connectivity index (χ0) is 8.99. The van der Waals surface area contributed by atoms with Gasteiger partial charge in [-0.2, -0.15) is 0 Å². The summed E-state index contributed by atoms with van der Waals surface area (Å²) < 4.78 is 11.5. The van der Waals surface area contributed by atoms with Gasteiger partial charge < -0.3 is 9.47 Å². The average Bonchev–Trinajstić information content (AvgIpc) is 2.62. The molecule has 0 amide bonds. The summed E-state index contributed by atoms with van der Waals surface area (Å²) >= 11 is 0. The van der Waals surface area contributed by atoms with E-state index >= 15 is 0 Å². The summed E-state index contributed by atoms with van der Waals surface area (Å²) in [6.07, 6.45) is 10.3. The smallest absolute Gasteiger partial charge is 0.168 e. The Balaban J connectivity index is 1.90. The number of hydrogen-bond donors (Lipinski definition) is 0. The Hall–Kier alpha value is -0.0800. The summed E-state index contributed by atoms with van der Waals surface area (Å²) in [7, 11) is 0. The minimum absolute atomic E-state index is 0.162. The lowest BCUT2D eigenvalue weighted by atomic mass is 10.0. The van der Waals surface area contributed by atoms with Gasteiger partial charge in [0.05, 0.1) is 13.2 Å². The molecule has 1 saturated carbocycles. The number of hydrogen-bond acceptors (Lipinski definition) is 2. The van der Waals surface area contributed by atoms with E-state index in [-0.39, 0.29) is 5.79 Å². The maximum absolute atomic E-state index is 5.75. The summed E-state index contributed by atoms with van der Waals surface area (Å²) in [5.41, 5.74) is 0. The molecule has 1 heterocycles. The molecule has 0 aromatic heterocycles. The van der Waals surface area contributed by atoms with Crippen molar-refractivity contribution in [1.29, 1.82) is 0 Å². The van der Waals surface area contributed by atoms with Gasteiger partial charge in [0.1, 0.15) is 0 Å². The molecule has 0 unspecified atom stereocenters. The minimum atomic E-state index is -0.162. The van der Waals surface area contributed by atoms with Gasteiger partial charge in [0, 0.05) is 12.8 Å². The fourth-order valence-corrected chi connectivity index (χ4v) is 2.41. The lowest BCUT2D eigenvalue weighted by Crippen LogP contribution is -2.29. The molecule has 1 aliphatic heterocycles. The Morgan fingerprint density at radius 3 is 1.62 bits per heavy atom. The number of ether oxygens (including phenoxy) is 2. The van der Waals surface area contributed by atoms with Crippen molar-refractivity contribution in [3.05, 3.63) is 0 Å². The molecule has 76 valence electrons. The van der Waals surface area contributed by atoms with Crippen molar-refractivity contribution < 1.29 is 9.47 Å². The van der Waals surface area contributed by atoms with E-state index in [9.17, 15) is 0 Å². The fraction of sp³-hybridized carbons (Fsp3) is 1.00. The van der Waals surface area contributed by atoms with E-state index in [1.54, 1.807) is 0 Å². The van der Waals surface area contributed by atoms with Crippen molar-refractivity contribution in [2.24, 2.45) is 0 Å². The van der Waals surface area contributed by atoms with Gasteiger partial charge >= 0.3 is 0 Å². The van der Waals surface area contributed by atoms with E-state index < -0.39 is 0 Å². The number of rotatable bonds is 0. The predicted molar refractivity (Wildman–Crippen MR) is 51.6 cm³/mol. The van der Waals surface area contributed by atoms with E-state index in [1.165, 1.54) is 38.5 Å². The van der Waals surface area contributed by atoms with Crippen LogP contribution < -0.4 is 0 Å². The quantitative estimate of drug-likeness (QED) is 0.576. The molecule has 0 aromatic rings. The summed E-state index contributed by atoms with van der Waals surface area (Å²) in [6.45, 7) is 1.61. The Labute approximate surface area is 80.6 Å². The van der Waals surface area contributed by atoms with Crippen LogP contribution in [0.2, 0.25) is 0 Å². The second-order valence-corrected chi connectivity index (χ2v) is 4.23. The first-order valence-electron chi connectivity index (χ1n) is 5.69. The first-order valence-corrected chi connectivity index (χ1v) is 5.69. The molecule has 2 aliphatic rings. The second-order valence-electron chi connectivity index (χ2n) is 4.23. The van der Waals surface area contributed by atoms with Crippen LogP contribution in [-0.2, 0) is 9.47 Å². The van der Waals surface area contributed by atoms with E-state index in [2.05, 4.69) is 0 Å². The maximum atomic E-state index is 5.75. The first kappa shape index (κ1) is 9.47. The van der Waals surface area contributed by atoms with Gasteiger partial charge in [-0.1, -0.05) is 25.7 Å². The monoisotopic (exact) mass is 184 g/mol. The molecular formula is C11H20O2. The zero-order valence-electron chi connectivity index (χ0n) is 8.39. The molecule has 1 saturated heterocycles. The highest BCUT2D eigenvalue weighted by Crippen LogP contribution is 2.32. The fourth-order valence-electron chi connectivity index (χ4n) is 2.41. The predicted octanol–water partition coefficient (Wildman–Crippen LogP) is 2.86. The van der Waals surface area contributed by atoms with Crippen LogP contribution in [-0.4, -0.2) is 19.0 Å². The molecule has 2 nitrogen and oxygen atoms in total. The topological polar surface area (TPSA) is 18.5 Å². The van der Waals surface area contributed by atoms with E-state index in [0.29, 0.717) is 0 Å². The summed E-state index contributed by atoms with van der Waals surface area (Å²) in [4.78, 5) is 0. The Bertz CT molecular complexity index is 138. The molecule has 0 N–H and O–H groups in total. The van der Waals surface area contributed by atoms with Crippen molar-refractivity contribution in [3.8, 4) is 0 Å². The van der Waals surface area contributed by atoms with Crippen molar-refractivity contribution >= 4 is 0 Å². The Morgan fingerprint density at radius 2 is 1.08 bits per heavy atom. The van der Waals surface area contributed by atoms with Crippen LogP contribution >= 0.6 is 0 Å². The molecule has 2 heteroatoms. The molecule has 0 bridgehead atoms. The van der Waals surface area contributed by atoms with Crippen LogP contribution in [0.25, 0.3) is 0 Å². The summed E-state index contributed by atoms with van der Waals surface area (Å²) in [5, 5.41) is 0. The maximum Gasteiger partial charge on any atom is 0.168 e. The zero-order valence-corrected chi connectivity index (χ0v) is 8.39. The normalized spacial score (nSPS) is 29.5. The minimum Gasteiger partial charge on any atom is -0.348 e. The van der Waals surface area contributed by atoms with Gasteiger partial charge in [0.25, 0.3) is 0 Å². The highest BCUT2D eigenvalue weighted by molar-refractivity contribution is 4.75. The lowest BCUT2D eigenvalue weighted by molar-refractivity contribution is -0.168. The third kappa shape index (κ3) is 2.44. The van der Waals surface area contributed by atoms with Gasteiger partial charge in [0.15, 0.2) is 5.79 Å². The Morgan fingerprint density at radius 1 is 0.615 bits per heavy atom. The molecule has 1 aliphatic carbocycles. The van der Waals surface area contributed by atoms with Gasteiger partial charge in [-0.05, 0) is 12.8 Å². The first-order chi connectivity index (χ1) is 6.41. The lowest BCUT2D eigenvalue weighted by Gasteiger charge is -2.26. The van der Waals surface area contributed by atoms with Gasteiger partial charge in [0.2, 0.25) is 0 Å². The van der Waals surface area contributed by atoms with Crippen LogP contribution in [0.3, 0.4) is 0 Å². The van der Waals surface area contributed by atoms with Crippen LogP contribution in [0.15, 0.2) is 0 Å². The molecule has 2 rings (SSSR count). The SMILES string of the molecule is C1CCCCC2(CCC1)OCCO2. The van der Waals surface area contributed by atoms with Crippen LogP contribution in [0.4, 0.5) is 0 Å². The van der Waals surface area contributed by atoms with E-state index in [1.807, 2.05) is 0 Å². The van der Waals surface area contributed by atoms with Crippen molar-refractivity contribution in [2.45, 2.75) is 57.2 Å². The van der Waals surface area contributed by atoms with Gasteiger partial charge in [-0.15, -0.1) is 0 Å². The molecule has 2 fully saturated rings. The molecule has 0 atom stereocenters. The van der Waals surface area contributed by atoms with Crippen molar-refractivity contribution in [3.63, 3.8) is 0 Å². The van der Waals surface area contributed by atoms with E-state index in [4.69, 9.17) is 9.47 Å². The Kier molecular flexibility index (Phi) is 3.23. The van der Waals surface area contributed by atoms with E-state index in [0.717, 1.165) is 26.1 Å². The molecular weight excluding hydrogens is 164 g/mol. The third-order valence-corrected chi connectivity index (χ3v) is 3.18. The van der Waals surface area contributed by atoms with Crippen molar-refractivity contribution in [2.75, 3.05) is 13.2 Å². The highest BCUT2D eigenvalue weighted by Gasteiger charge is 2.35.